The summed E-state index contributed by atoms with van der Waals surface area (Å²) in [4.78, 5) is 4.39. The Labute approximate surface area is 110 Å². The molecule has 1 fully saturated rings. The number of rotatable bonds is 9. The van der Waals surface area contributed by atoms with E-state index in [1.54, 1.807) is 0 Å². The first-order valence-corrected chi connectivity index (χ1v) is 7.07. The van der Waals surface area contributed by atoms with Crippen LogP contribution in [0.1, 0.15) is 38.9 Å². The monoisotopic (exact) mass is 251 g/mol. The Bertz CT molecular complexity index is 345. The molecule has 0 amide bonds. The summed E-state index contributed by atoms with van der Waals surface area (Å²) in [6.45, 7) is 7.87. The molecule has 1 aromatic rings. The van der Waals surface area contributed by atoms with Crippen LogP contribution in [0.15, 0.2) is 12.4 Å². The summed E-state index contributed by atoms with van der Waals surface area (Å²) in [7, 11) is 0. The number of nitrogens with one attached hydrogen (secondary N) is 1. The van der Waals surface area contributed by atoms with Gasteiger partial charge in [-0.25, -0.2) is 4.98 Å². The topological polar surface area (TPSA) is 39.1 Å². The molecule has 4 heteroatoms. The van der Waals surface area contributed by atoms with Gasteiger partial charge < -0.3 is 14.6 Å². The van der Waals surface area contributed by atoms with Crippen LogP contribution in [0.5, 0.6) is 0 Å². The average molecular weight is 251 g/mol. The fraction of sp³-hybridized carbons (Fsp3) is 0.786. The number of aromatic nitrogens is 2. The van der Waals surface area contributed by atoms with Gasteiger partial charge in [-0.2, -0.15) is 0 Å². The molecule has 102 valence electrons. The molecule has 1 N–H and O–H groups in total. The fourth-order valence-electron chi connectivity index (χ4n) is 1.82. The summed E-state index contributed by atoms with van der Waals surface area (Å²) in [5, 5.41) is 3.49. The molecule has 1 saturated carbocycles. The standard InChI is InChI=1S/C14H25N3O/c1-12(2)5-9-18-10-8-17-7-6-15-14(17)11-16-13-3-4-13/h6-7,12-13,16H,3-5,8-11H2,1-2H3. The predicted molar refractivity (Wildman–Crippen MR) is 72.4 cm³/mol. The maximum Gasteiger partial charge on any atom is 0.122 e. The van der Waals surface area contributed by atoms with E-state index in [9.17, 15) is 0 Å². The summed E-state index contributed by atoms with van der Waals surface area (Å²) in [5.74, 6) is 1.84. The lowest BCUT2D eigenvalue weighted by Gasteiger charge is -2.10. The van der Waals surface area contributed by atoms with Crippen molar-refractivity contribution < 1.29 is 4.74 Å². The van der Waals surface area contributed by atoms with Crippen molar-refractivity contribution in [2.75, 3.05) is 13.2 Å². The summed E-state index contributed by atoms with van der Waals surface area (Å²) in [6, 6.07) is 0.734. The highest BCUT2D eigenvalue weighted by Gasteiger charge is 2.20. The molecule has 0 saturated heterocycles. The highest BCUT2D eigenvalue weighted by atomic mass is 16.5. The lowest BCUT2D eigenvalue weighted by Crippen LogP contribution is -2.19. The number of ether oxygens (including phenoxy) is 1. The van der Waals surface area contributed by atoms with Gasteiger partial charge in [-0.05, 0) is 25.2 Å². The number of imidazole rings is 1. The van der Waals surface area contributed by atoms with Crippen LogP contribution in [-0.2, 0) is 17.8 Å². The van der Waals surface area contributed by atoms with Crippen molar-refractivity contribution in [3.8, 4) is 0 Å². The maximum absolute atomic E-state index is 5.64. The van der Waals surface area contributed by atoms with Gasteiger partial charge in [0.25, 0.3) is 0 Å². The molecule has 4 nitrogen and oxygen atoms in total. The molecule has 1 aliphatic rings. The minimum atomic E-state index is 0.719. The third kappa shape index (κ3) is 4.78. The van der Waals surface area contributed by atoms with E-state index >= 15 is 0 Å². The highest BCUT2D eigenvalue weighted by Crippen LogP contribution is 2.19. The fourth-order valence-corrected chi connectivity index (χ4v) is 1.82. The van der Waals surface area contributed by atoms with Gasteiger partial charge in [0.15, 0.2) is 0 Å². The first-order valence-electron chi connectivity index (χ1n) is 7.07. The molecule has 1 aromatic heterocycles. The van der Waals surface area contributed by atoms with Gasteiger partial charge in [-0.15, -0.1) is 0 Å². The first kappa shape index (κ1) is 13.6. The van der Waals surface area contributed by atoms with Crippen LogP contribution in [-0.4, -0.2) is 28.8 Å². The average Bonchev–Trinajstić information content (AvgIpc) is 3.06. The van der Waals surface area contributed by atoms with Crippen LogP contribution in [0.3, 0.4) is 0 Å². The van der Waals surface area contributed by atoms with E-state index in [1.807, 2.05) is 12.4 Å². The molecule has 2 rings (SSSR count). The predicted octanol–water partition coefficient (Wildman–Crippen LogP) is 2.20. The van der Waals surface area contributed by atoms with Crippen LogP contribution < -0.4 is 5.32 Å². The van der Waals surface area contributed by atoms with Gasteiger partial charge >= 0.3 is 0 Å². The zero-order valence-electron chi connectivity index (χ0n) is 11.6. The second-order valence-electron chi connectivity index (χ2n) is 5.49. The van der Waals surface area contributed by atoms with Crippen molar-refractivity contribution >= 4 is 0 Å². The second-order valence-corrected chi connectivity index (χ2v) is 5.49. The first-order chi connectivity index (χ1) is 8.75. The molecule has 0 aliphatic heterocycles. The third-order valence-electron chi connectivity index (χ3n) is 3.24. The van der Waals surface area contributed by atoms with Crippen molar-refractivity contribution in [1.29, 1.82) is 0 Å². The molecular weight excluding hydrogens is 226 g/mol. The molecule has 0 spiro atoms. The van der Waals surface area contributed by atoms with E-state index < -0.39 is 0 Å². The summed E-state index contributed by atoms with van der Waals surface area (Å²) in [5.41, 5.74) is 0. The second kappa shape index (κ2) is 6.90. The van der Waals surface area contributed by atoms with Gasteiger partial charge in [0.1, 0.15) is 5.82 Å². The summed E-state index contributed by atoms with van der Waals surface area (Å²) in [6.07, 6.45) is 7.69. The van der Waals surface area contributed by atoms with Crippen molar-refractivity contribution in [2.24, 2.45) is 5.92 Å². The van der Waals surface area contributed by atoms with Crippen molar-refractivity contribution in [2.45, 2.75) is 52.2 Å². The zero-order chi connectivity index (χ0) is 12.8. The van der Waals surface area contributed by atoms with Crippen LogP contribution in [0.4, 0.5) is 0 Å². The van der Waals surface area contributed by atoms with E-state index in [-0.39, 0.29) is 0 Å². The molecule has 0 atom stereocenters. The van der Waals surface area contributed by atoms with E-state index in [4.69, 9.17) is 4.74 Å². The molecule has 1 aliphatic carbocycles. The zero-order valence-corrected chi connectivity index (χ0v) is 11.6. The van der Waals surface area contributed by atoms with Gasteiger partial charge in [-0.1, -0.05) is 13.8 Å². The Balaban J connectivity index is 1.63. The van der Waals surface area contributed by atoms with Gasteiger partial charge in [0.2, 0.25) is 0 Å². The van der Waals surface area contributed by atoms with Crippen LogP contribution in [0.25, 0.3) is 0 Å². The van der Waals surface area contributed by atoms with Crippen LogP contribution in [0.2, 0.25) is 0 Å². The Morgan fingerprint density at radius 2 is 2.28 bits per heavy atom. The van der Waals surface area contributed by atoms with E-state index in [1.165, 1.54) is 12.8 Å². The summed E-state index contributed by atoms with van der Waals surface area (Å²) < 4.78 is 7.83. The molecule has 0 bridgehead atoms. The van der Waals surface area contributed by atoms with Gasteiger partial charge in [-0.3, -0.25) is 0 Å². The van der Waals surface area contributed by atoms with E-state index in [0.717, 1.165) is 50.5 Å². The molecule has 0 unspecified atom stereocenters. The molecule has 1 heterocycles. The molecule has 0 radical (unpaired) electrons. The Hall–Kier alpha value is -0.870. The SMILES string of the molecule is CC(C)CCOCCn1ccnc1CNC1CC1. The minimum absolute atomic E-state index is 0.719. The number of hydrogen-bond donors (Lipinski definition) is 1. The Kier molecular flexibility index (Phi) is 5.20. The maximum atomic E-state index is 5.64. The lowest BCUT2D eigenvalue weighted by atomic mass is 10.1. The van der Waals surface area contributed by atoms with E-state index in [2.05, 4.69) is 28.7 Å². The minimum Gasteiger partial charge on any atom is -0.380 e. The highest BCUT2D eigenvalue weighted by molar-refractivity contribution is 4.94. The van der Waals surface area contributed by atoms with Gasteiger partial charge in [0.05, 0.1) is 13.2 Å². The smallest absolute Gasteiger partial charge is 0.122 e. The quantitative estimate of drug-likeness (QED) is 0.684. The Morgan fingerprint density at radius 1 is 1.44 bits per heavy atom. The Morgan fingerprint density at radius 3 is 3.00 bits per heavy atom. The normalized spacial score (nSPS) is 15.5. The molecular formula is C14H25N3O. The van der Waals surface area contributed by atoms with Crippen LogP contribution >= 0.6 is 0 Å². The lowest BCUT2D eigenvalue weighted by molar-refractivity contribution is 0.115. The van der Waals surface area contributed by atoms with Gasteiger partial charge in [0, 0.05) is 31.6 Å². The number of hydrogen-bond acceptors (Lipinski definition) is 3. The van der Waals surface area contributed by atoms with Crippen molar-refractivity contribution in [3.63, 3.8) is 0 Å². The van der Waals surface area contributed by atoms with E-state index in [0.29, 0.717) is 0 Å². The molecule has 18 heavy (non-hydrogen) atoms. The number of nitrogens with zero attached hydrogens (tertiary/aromatic N) is 2. The summed E-state index contributed by atoms with van der Waals surface area (Å²) >= 11 is 0. The van der Waals surface area contributed by atoms with Crippen molar-refractivity contribution in [3.05, 3.63) is 18.2 Å². The largest absolute Gasteiger partial charge is 0.380 e. The van der Waals surface area contributed by atoms with Crippen LogP contribution in [0, 0.1) is 5.92 Å². The van der Waals surface area contributed by atoms with Crippen molar-refractivity contribution in [1.82, 2.24) is 14.9 Å². The third-order valence-corrected chi connectivity index (χ3v) is 3.24. The molecule has 0 aromatic carbocycles.